The van der Waals surface area contributed by atoms with Crippen LogP contribution in [0.5, 0.6) is 11.5 Å². The van der Waals surface area contributed by atoms with Crippen LogP contribution < -0.4 is 14.8 Å². The number of anilines is 1. The Hall–Kier alpha value is -3.08. The third kappa shape index (κ3) is 5.21. The van der Waals surface area contributed by atoms with Gasteiger partial charge in [0.1, 0.15) is 12.4 Å². The number of benzene rings is 2. The summed E-state index contributed by atoms with van der Waals surface area (Å²) in [6.07, 6.45) is 4.65. The summed E-state index contributed by atoms with van der Waals surface area (Å²) in [5.41, 5.74) is 1.70. The molecule has 0 saturated heterocycles. The highest BCUT2D eigenvalue weighted by Gasteiger charge is 2.05. The molecule has 0 aliphatic rings. The second-order valence-corrected chi connectivity index (χ2v) is 5.30. The topological polar surface area (TPSA) is 47.6 Å². The van der Waals surface area contributed by atoms with E-state index in [0.29, 0.717) is 29.4 Å². The van der Waals surface area contributed by atoms with Gasteiger partial charge >= 0.3 is 0 Å². The second-order valence-electron chi connectivity index (χ2n) is 5.30. The lowest BCUT2D eigenvalue weighted by atomic mass is 10.2. The van der Waals surface area contributed by atoms with Crippen LogP contribution in [0.3, 0.4) is 0 Å². The lowest BCUT2D eigenvalue weighted by Crippen LogP contribution is -2.08. The van der Waals surface area contributed by atoms with Gasteiger partial charge in [-0.15, -0.1) is 0 Å². The summed E-state index contributed by atoms with van der Waals surface area (Å²) in [6, 6.07) is 9.87. The van der Waals surface area contributed by atoms with Crippen molar-refractivity contribution in [3.63, 3.8) is 0 Å². The van der Waals surface area contributed by atoms with Crippen LogP contribution in [0, 0.1) is 12.7 Å². The van der Waals surface area contributed by atoms with Crippen LogP contribution in [0.15, 0.2) is 55.1 Å². The average molecular weight is 341 g/mol. The standard InChI is InChI=1S/C20H20FNO3/c1-4-11-25-18-9-6-15(12-19(18)24-3)7-10-20(23)22-16-8-5-14(2)17(21)13-16/h4-10,12-13H,1,11H2,2-3H3,(H,22,23)/b10-7+. The summed E-state index contributed by atoms with van der Waals surface area (Å²) in [5.74, 6) is 0.444. The summed E-state index contributed by atoms with van der Waals surface area (Å²) in [5, 5.41) is 2.62. The maximum atomic E-state index is 13.5. The van der Waals surface area contributed by atoms with E-state index in [1.807, 2.05) is 0 Å². The van der Waals surface area contributed by atoms with Crippen LogP contribution >= 0.6 is 0 Å². The predicted molar refractivity (Wildman–Crippen MR) is 97.5 cm³/mol. The molecule has 5 heteroatoms. The fourth-order valence-electron chi connectivity index (χ4n) is 2.08. The van der Waals surface area contributed by atoms with Crippen LogP contribution in [0.4, 0.5) is 10.1 Å². The maximum absolute atomic E-state index is 13.5. The average Bonchev–Trinajstić information content (AvgIpc) is 2.61. The fraction of sp³-hybridized carbons (Fsp3) is 0.150. The first-order valence-corrected chi connectivity index (χ1v) is 7.70. The summed E-state index contributed by atoms with van der Waals surface area (Å²) >= 11 is 0. The number of hydrogen-bond donors (Lipinski definition) is 1. The highest BCUT2D eigenvalue weighted by Crippen LogP contribution is 2.28. The third-order valence-corrected chi connectivity index (χ3v) is 3.41. The van der Waals surface area contributed by atoms with Crippen LogP contribution in [0.2, 0.25) is 0 Å². The molecule has 2 aromatic carbocycles. The van der Waals surface area contributed by atoms with Crippen molar-refractivity contribution in [3.8, 4) is 11.5 Å². The number of nitrogens with one attached hydrogen (secondary N) is 1. The number of amides is 1. The molecule has 4 nitrogen and oxygen atoms in total. The first kappa shape index (κ1) is 18.3. The maximum Gasteiger partial charge on any atom is 0.248 e. The van der Waals surface area contributed by atoms with Crippen molar-refractivity contribution in [3.05, 3.63) is 72.1 Å². The first-order chi connectivity index (χ1) is 12.0. The molecule has 0 heterocycles. The van der Waals surface area contributed by atoms with Gasteiger partial charge in [0, 0.05) is 11.8 Å². The van der Waals surface area contributed by atoms with Gasteiger partial charge in [0.25, 0.3) is 0 Å². The molecule has 0 spiro atoms. The number of carbonyl (C=O) groups is 1. The van der Waals surface area contributed by atoms with Crippen LogP contribution in [0.25, 0.3) is 6.08 Å². The van der Waals surface area contributed by atoms with Crippen molar-refractivity contribution < 1.29 is 18.7 Å². The Morgan fingerprint density at radius 3 is 2.72 bits per heavy atom. The predicted octanol–water partition coefficient (Wildman–Crippen LogP) is 4.36. The molecule has 0 aromatic heterocycles. The van der Waals surface area contributed by atoms with Crippen molar-refractivity contribution in [2.24, 2.45) is 0 Å². The summed E-state index contributed by atoms with van der Waals surface area (Å²) in [4.78, 5) is 12.0. The van der Waals surface area contributed by atoms with E-state index < -0.39 is 0 Å². The molecule has 0 radical (unpaired) electrons. The lowest BCUT2D eigenvalue weighted by molar-refractivity contribution is -0.111. The molecule has 130 valence electrons. The normalized spacial score (nSPS) is 10.5. The lowest BCUT2D eigenvalue weighted by Gasteiger charge is -2.09. The van der Waals surface area contributed by atoms with Crippen molar-refractivity contribution in [2.45, 2.75) is 6.92 Å². The Morgan fingerprint density at radius 2 is 2.04 bits per heavy atom. The number of rotatable bonds is 7. The molecule has 1 amide bonds. The van der Waals surface area contributed by atoms with Crippen LogP contribution in [-0.4, -0.2) is 19.6 Å². The van der Waals surface area contributed by atoms with Crippen molar-refractivity contribution in [1.82, 2.24) is 0 Å². The van der Waals surface area contributed by atoms with Gasteiger partial charge in [-0.1, -0.05) is 24.8 Å². The Morgan fingerprint density at radius 1 is 1.24 bits per heavy atom. The van der Waals surface area contributed by atoms with E-state index in [2.05, 4.69) is 11.9 Å². The van der Waals surface area contributed by atoms with Crippen LogP contribution in [-0.2, 0) is 4.79 Å². The molecule has 0 aliphatic carbocycles. The SMILES string of the molecule is C=CCOc1ccc(/C=C/C(=O)Nc2ccc(C)c(F)c2)cc1OC. The summed E-state index contributed by atoms with van der Waals surface area (Å²) in [7, 11) is 1.54. The minimum Gasteiger partial charge on any atom is -0.493 e. The Balaban J connectivity index is 2.05. The Bertz CT molecular complexity index is 800. The Kier molecular flexibility index (Phi) is 6.34. The van der Waals surface area contributed by atoms with Gasteiger partial charge in [0.05, 0.1) is 7.11 Å². The van der Waals surface area contributed by atoms with Crippen molar-refractivity contribution >= 4 is 17.7 Å². The van der Waals surface area contributed by atoms with Crippen LogP contribution in [0.1, 0.15) is 11.1 Å². The van der Waals surface area contributed by atoms with E-state index in [-0.39, 0.29) is 11.7 Å². The third-order valence-electron chi connectivity index (χ3n) is 3.41. The van der Waals surface area contributed by atoms with Gasteiger partial charge in [-0.05, 0) is 48.4 Å². The van der Waals surface area contributed by atoms with Gasteiger partial charge in [0.15, 0.2) is 11.5 Å². The molecule has 2 aromatic rings. The minimum absolute atomic E-state index is 0.353. The molecule has 0 aliphatic heterocycles. The fourth-order valence-corrected chi connectivity index (χ4v) is 2.08. The number of carbonyl (C=O) groups excluding carboxylic acids is 1. The zero-order chi connectivity index (χ0) is 18.2. The van der Waals surface area contributed by atoms with Crippen molar-refractivity contribution in [2.75, 3.05) is 19.0 Å². The van der Waals surface area contributed by atoms with E-state index in [4.69, 9.17) is 9.47 Å². The minimum atomic E-state index is -0.360. The summed E-state index contributed by atoms with van der Waals surface area (Å²) in [6.45, 7) is 5.64. The molecule has 0 fully saturated rings. The van der Waals surface area contributed by atoms with E-state index in [9.17, 15) is 9.18 Å². The molecular weight excluding hydrogens is 321 g/mol. The molecule has 0 bridgehead atoms. The van der Waals surface area contributed by atoms with Gasteiger partial charge in [-0.25, -0.2) is 4.39 Å². The molecule has 0 unspecified atom stereocenters. The van der Waals surface area contributed by atoms with E-state index >= 15 is 0 Å². The number of aryl methyl sites for hydroxylation is 1. The van der Waals surface area contributed by atoms with E-state index in [1.54, 1.807) is 56.5 Å². The molecular formula is C20H20FNO3. The zero-order valence-corrected chi connectivity index (χ0v) is 14.2. The molecule has 0 saturated carbocycles. The molecule has 2 rings (SSSR count). The van der Waals surface area contributed by atoms with Gasteiger partial charge < -0.3 is 14.8 Å². The molecule has 0 atom stereocenters. The number of ether oxygens (including phenoxy) is 2. The smallest absolute Gasteiger partial charge is 0.248 e. The van der Waals surface area contributed by atoms with Gasteiger partial charge in [0.2, 0.25) is 5.91 Å². The van der Waals surface area contributed by atoms with E-state index in [0.717, 1.165) is 5.56 Å². The van der Waals surface area contributed by atoms with E-state index in [1.165, 1.54) is 12.1 Å². The number of hydrogen-bond acceptors (Lipinski definition) is 3. The molecule has 25 heavy (non-hydrogen) atoms. The highest BCUT2D eigenvalue weighted by atomic mass is 19.1. The zero-order valence-electron chi connectivity index (χ0n) is 14.2. The highest BCUT2D eigenvalue weighted by molar-refractivity contribution is 6.01. The second kappa shape index (κ2) is 8.68. The van der Waals surface area contributed by atoms with Gasteiger partial charge in [-0.3, -0.25) is 4.79 Å². The van der Waals surface area contributed by atoms with Gasteiger partial charge in [-0.2, -0.15) is 0 Å². The number of methoxy groups -OCH3 is 1. The largest absolute Gasteiger partial charge is 0.493 e. The Labute approximate surface area is 146 Å². The summed E-state index contributed by atoms with van der Waals surface area (Å²) < 4.78 is 24.2. The monoisotopic (exact) mass is 341 g/mol. The number of halogens is 1. The quantitative estimate of drug-likeness (QED) is 0.601. The first-order valence-electron chi connectivity index (χ1n) is 7.70. The molecule has 1 N–H and O–H groups in total. The van der Waals surface area contributed by atoms with Crippen molar-refractivity contribution in [1.29, 1.82) is 0 Å².